The molecule has 0 aliphatic heterocycles. The van der Waals surface area contributed by atoms with Gasteiger partial charge in [0.1, 0.15) is 5.76 Å². The monoisotopic (exact) mass is 268 g/mol. The minimum Gasteiger partial charge on any atom is -0.360 e. The lowest BCUT2D eigenvalue weighted by atomic mass is 10.1. The first-order valence-electron chi connectivity index (χ1n) is 6.22. The lowest BCUT2D eigenvalue weighted by Gasteiger charge is -2.08. The third kappa shape index (κ3) is 6.44. The molecule has 1 aromatic heterocycles. The van der Waals surface area contributed by atoms with Gasteiger partial charge in [-0.2, -0.15) is 0 Å². The second-order valence-corrected chi connectivity index (χ2v) is 4.66. The fraction of sp³-hybridized carbons (Fsp3) is 0.583. The number of aryl methyl sites for hydroxylation is 1. The fourth-order valence-corrected chi connectivity index (χ4v) is 1.31. The molecule has 1 rings (SSSR count). The van der Waals surface area contributed by atoms with Gasteiger partial charge in [-0.25, -0.2) is 4.79 Å². The summed E-state index contributed by atoms with van der Waals surface area (Å²) in [4.78, 5) is 22.8. The molecule has 0 saturated carbocycles. The van der Waals surface area contributed by atoms with E-state index in [4.69, 9.17) is 4.52 Å². The third-order valence-corrected chi connectivity index (χ3v) is 2.31. The quantitative estimate of drug-likeness (QED) is 0.723. The minimum atomic E-state index is -0.355. The number of anilines is 1. The van der Waals surface area contributed by atoms with Crippen molar-refractivity contribution in [2.75, 3.05) is 18.4 Å². The van der Waals surface area contributed by atoms with Crippen molar-refractivity contribution in [3.05, 3.63) is 11.8 Å². The Morgan fingerprint density at radius 1 is 1.37 bits per heavy atom. The van der Waals surface area contributed by atoms with Crippen LogP contribution in [0.25, 0.3) is 0 Å². The zero-order valence-electron chi connectivity index (χ0n) is 11.4. The highest BCUT2D eigenvalue weighted by atomic mass is 16.5. The van der Waals surface area contributed by atoms with Crippen LogP contribution in [-0.2, 0) is 4.79 Å². The van der Waals surface area contributed by atoms with E-state index in [2.05, 4.69) is 35.0 Å². The van der Waals surface area contributed by atoms with Crippen molar-refractivity contribution >= 4 is 17.8 Å². The summed E-state index contributed by atoms with van der Waals surface area (Å²) in [5, 5.41) is 11.3. The van der Waals surface area contributed by atoms with E-state index in [9.17, 15) is 9.59 Å². The molecule has 106 valence electrons. The van der Waals surface area contributed by atoms with E-state index in [0.29, 0.717) is 24.0 Å². The van der Waals surface area contributed by atoms with Crippen LogP contribution >= 0.6 is 0 Å². The Bertz CT molecular complexity index is 428. The number of hydrogen-bond donors (Lipinski definition) is 3. The Kier molecular flexibility index (Phi) is 5.84. The van der Waals surface area contributed by atoms with Crippen LogP contribution in [0, 0.1) is 12.8 Å². The van der Waals surface area contributed by atoms with Crippen LogP contribution in [0.1, 0.15) is 26.0 Å². The summed E-state index contributed by atoms with van der Waals surface area (Å²) in [6, 6.07) is 1.24. The zero-order chi connectivity index (χ0) is 14.3. The van der Waals surface area contributed by atoms with Crippen molar-refractivity contribution in [2.45, 2.75) is 27.2 Å². The molecular weight excluding hydrogens is 248 g/mol. The van der Waals surface area contributed by atoms with Gasteiger partial charge in [0.15, 0.2) is 5.82 Å². The van der Waals surface area contributed by atoms with E-state index in [0.717, 1.165) is 6.42 Å². The molecule has 0 saturated heterocycles. The van der Waals surface area contributed by atoms with Gasteiger partial charge in [0.25, 0.3) is 0 Å². The second kappa shape index (κ2) is 7.40. The highest BCUT2D eigenvalue weighted by Gasteiger charge is 2.07. The maximum atomic E-state index is 11.5. The molecule has 1 aromatic rings. The molecular formula is C12H20N4O3. The molecule has 0 fully saturated rings. The van der Waals surface area contributed by atoms with E-state index >= 15 is 0 Å². The molecule has 0 radical (unpaired) electrons. The summed E-state index contributed by atoms with van der Waals surface area (Å²) in [6.45, 7) is 6.36. The van der Waals surface area contributed by atoms with Crippen LogP contribution in [0.3, 0.4) is 0 Å². The summed E-state index contributed by atoms with van der Waals surface area (Å²) in [7, 11) is 0. The molecule has 0 aliphatic rings. The minimum absolute atomic E-state index is 0.112. The van der Waals surface area contributed by atoms with E-state index in [1.54, 1.807) is 13.0 Å². The average molecular weight is 268 g/mol. The maximum absolute atomic E-state index is 11.5. The molecule has 0 spiro atoms. The van der Waals surface area contributed by atoms with Gasteiger partial charge < -0.3 is 20.5 Å². The molecule has 0 atom stereocenters. The van der Waals surface area contributed by atoms with Gasteiger partial charge in [0, 0.05) is 12.6 Å². The molecule has 1 heterocycles. The van der Waals surface area contributed by atoms with Crippen molar-refractivity contribution in [1.29, 1.82) is 0 Å². The van der Waals surface area contributed by atoms with Crippen LogP contribution in [-0.4, -0.2) is 30.2 Å². The maximum Gasteiger partial charge on any atom is 0.315 e. The third-order valence-electron chi connectivity index (χ3n) is 2.31. The van der Waals surface area contributed by atoms with Crippen LogP contribution in [0.2, 0.25) is 0 Å². The summed E-state index contributed by atoms with van der Waals surface area (Å²) in [5.74, 6) is 1.12. The predicted molar refractivity (Wildman–Crippen MR) is 70.7 cm³/mol. The van der Waals surface area contributed by atoms with Crippen LogP contribution in [0.4, 0.5) is 10.6 Å². The van der Waals surface area contributed by atoms with Crippen molar-refractivity contribution in [2.24, 2.45) is 5.92 Å². The van der Waals surface area contributed by atoms with Gasteiger partial charge in [-0.15, -0.1) is 0 Å². The molecule has 0 aromatic carbocycles. The summed E-state index contributed by atoms with van der Waals surface area (Å²) < 4.78 is 4.80. The average Bonchev–Trinajstić information content (AvgIpc) is 2.71. The number of carbonyl (C=O) groups is 2. The molecule has 19 heavy (non-hydrogen) atoms. The first kappa shape index (κ1) is 15.0. The fourth-order valence-electron chi connectivity index (χ4n) is 1.31. The van der Waals surface area contributed by atoms with Gasteiger partial charge in [0.2, 0.25) is 5.91 Å². The van der Waals surface area contributed by atoms with Crippen molar-refractivity contribution in [3.63, 3.8) is 0 Å². The summed E-state index contributed by atoms with van der Waals surface area (Å²) >= 11 is 0. The zero-order valence-corrected chi connectivity index (χ0v) is 11.4. The van der Waals surface area contributed by atoms with Crippen LogP contribution < -0.4 is 16.0 Å². The molecule has 0 aliphatic carbocycles. The van der Waals surface area contributed by atoms with Crippen molar-refractivity contribution in [3.8, 4) is 0 Å². The Labute approximate surface area is 112 Å². The Morgan fingerprint density at radius 2 is 2.11 bits per heavy atom. The van der Waals surface area contributed by atoms with Gasteiger partial charge >= 0.3 is 6.03 Å². The Hall–Kier alpha value is -2.05. The second-order valence-electron chi connectivity index (χ2n) is 4.66. The highest BCUT2D eigenvalue weighted by Crippen LogP contribution is 2.06. The van der Waals surface area contributed by atoms with Gasteiger partial charge in [0.05, 0.1) is 6.54 Å². The van der Waals surface area contributed by atoms with E-state index in [1.165, 1.54) is 0 Å². The number of nitrogens with zero attached hydrogens (tertiary/aromatic N) is 1. The van der Waals surface area contributed by atoms with Crippen molar-refractivity contribution < 1.29 is 14.1 Å². The van der Waals surface area contributed by atoms with Crippen LogP contribution in [0.15, 0.2) is 10.6 Å². The first-order valence-corrected chi connectivity index (χ1v) is 6.22. The number of aromatic nitrogens is 1. The summed E-state index contributed by atoms with van der Waals surface area (Å²) in [6.07, 6.45) is 0.901. The first-order chi connectivity index (χ1) is 8.97. The van der Waals surface area contributed by atoms with E-state index in [-0.39, 0.29) is 18.5 Å². The van der Waals surface area contributed by atoms with E-state index < -0.39 is 0 Å². The molecule has 0 unspecified atom stereocenters. The number of carbonyl (C=O) groups excluding carboxylic acids is 2. The Balaban J connectivity index is 2.17. The van der Waals surface area contributed by atoms with Gasteiger partial charge in [-0.05, 0) is 19.3 Å². The van der Waals surface area contributed by atoms with E-state index in [1.807, 2.05) is 0 Å². The molecule has 7 heteroatoms. The molecule has 3 amide bonds. The van der Waals surface area contributed by atoms with Gasteiger partial charge in [-0.1, -0.05) is 19.0 Å². The molecule has 3 N–H and O–H groups in total. The highest BCUT2D eigenvalue weighted by molar-refractivity contribution is 5.93. The van der Waals surface area contributed by atoms with Crippen molar-refractivity contribution in [1.82, 2.24) is 15.8 Å². The number of nitrogens with one attached hydrogen (secondary N) is 3. The smallest absolute Gasteiger partial charge is 0.315 e. The molecule has 7 nitrogen and oxygen atoms in total. The Morgan fingerprint density at radius 3 is 2.68 bits per heavy atom. The largest absolute Gasteiger partial charge is 0.360 e. The number of rotatable bonds is 6. The number of hydrogen-bond acceptors (Lipinski definition) is 4. The summed E-state index contributed by atoms with van der Waals surface area (Å²) in [5.41, 5.74) is 0. The number of amides is 3. The normalized spacial score (nSPS) is 10.3. The van der Waals surface area contributed by atoms with Crippen LogP contribution in [0.5, 0.6) is 0 Å². The molecule has 0 bridgehead atoms. The standard InChI is InChI=1S/C12H20N4O3/c1-8(2)4-5-13-12(18)14-7-11(17)15-10-6-9(3)19-16-10/h6,8H,4-5,7H2,1-3H3,(H2,13,14,18)(H,15,16,17). The topological polar surface area (TPSA) is 96.3 Å². The lowest BCUT2D eigenvalue weighted by Crippen LogP contribution is -2.40. The number of urea groups is 1. The van der Waals surface area contributed by atoms with Gasteiger partial charge in [-0.3, -0.25) is 4.79 Å². The lowest BCUT2D eigenvalue weighted by molar-refractivity contribution is -0.115. The predicted octanol–water partition coefficient (Wildman–Crippen LogP) is 1.27. The SMILES string of the molecule is Cc1cc(NC(=O)CNC(=O)NCCC(C)C)no1.